The summed E-state index contributed by atoms with van der Waals surface area (Å²) < 4.78 is 43.5. The Kier molecular flexibility index (Phi) is 9.23. The molecular weight excluding hydrogens is 515 g/mol. The summed E-state index contributed by atoms with van der Waals surface area (Å²) >= 11 is 0. The molecule has 0 aliphatic heterocycles. The van der Waals surface area contributed by atoms with Gasteiger partial charge >= 0.3 is 5.97 Å². The van der Waals surface area contributed by atoms with Crippen molar-refractivity contribution < 1.29 is 27.3 Å². The number of rotatable bonds is 11. The number of ether oxygens (including phenoxy) is 2. The lowest BCUT2D eigenvalue weighted by Gasteiger charge is -2.22. The van der Waals surface area contributed by atoms with E-state index in [1.807, 2.05) is 87.5 Å². The fourth-order valence-electron chi connectivity index (χ4n) is 4.38. The quantitative estimate of drug-likeness (QED) is 0.182. The molecule has 4 rings (SSSR count). The van der Waals surface area contributed by atoms with Gasteiger partial charge < -0.3 is 13.9 Å². The van der Waals surface area contributed by atoms with Crippen molar-refractivity contribution in [2.75, 3.05) is 19.0 Å². The summed E-state index contributed by atoms with van der Waals surface area (Å²) in [6.07, 6.45) is 1.78. The lowest BCUT2D eigenvalue weighted by Crippen LogP contribution is -2.27. The predicted octanol–water partition coefficient (Wildman–Crippen LogP) is 7.38. The second kappa shape index (κ2) is 12.6. The number of alkyl halides is 1. The first-order valence-corrected chi connectivity index (χ1v) is 14.4. The maximum atomic E-state index is 14.1. The lowest BCUT2D eigenvalue weighted by molar-refractivity contribution is -0.142. The summed E-state index contributed by atoms with van der Waals surface area (Å²) in [5, 5.41) is 0.923. The van der Waals surface area contributed by atoms with Crippen LogP contribution in [0.2, 0.25) is 0 Å². The minimum atomic E-state index is -1.17. The zero-order valence-electron chi connectivity index (χ0n) is 22.9. The van der Waals surface area contributed by atoms with E-state index in [9.17, 15) is 13.4 Å². The molecule has 2 atom stereocenters. The Hall–Kier alpha value is -3.45. The Labute approximate surface area is 231 Å². The highest BCUT2D eigenvalue weighted by Gasteiger charge is 2.24. The molecule has 0 bridgehead atoms. The number of carbonyl (C=O) groups excluding carboxylic acids is 1. The topological polar surface area (TPSA) is 65.7 Å². The summed E-state index contributed by atoms with van der Waals surface area (Å²) in [5.74, 6) is 0.130. The molecule has 7 heteroatoms. The van der Waals surface area contributed by atoms with Crippen LogP contribution in [0.5, 0.6) is 5.75 Å². The fourth-order valence-corrected chi connectivity index (χ4v) is 5.53. The molecule has 4 aromatic rings. The monoisotopic (exact) mass is 550 g/mol. The third kappa shape index (κ3) is 7.15. The first-order valence-electron chi connectivity index (χ1n) is 13.1. The third-order valence-electron chi connectivity index (χ3n) is 6.51. The first-order chi connectivity index (χ1) is 18.7. The molecule has 0 saturated heterocycles. The van der Waals surface area contributed by atoms with Gasteiger partial charge in [-0.15, -0.1) is 0 Å². The number of furan rings is 1. The van der Waals surface area contributed by atoms with Crippen molar-refractivity contribution in [3.8, 4) is 16.9 Å². The third-order valence-corrected chi connectivity index (χ3v) is 8.58. The number of esters is 1. The average Bonchev–Trinajstić information content (AvgIpc) is 3.39. The van der Waals surface area contributed by atoms with Gasteiger partial charge in [-0.05, 0) is 68.7 Å². The highest BCUT2D eigenvalue weighted by Crippen LogP contribution is 2.34. The van der Waals surface area contributed by atoms with Crippen molar-refractivity contribution in [2.45, 2.75) is 51.4 Å². The van der Waals surface area contributed by atoms with Gasteiger partial charge in [-0.2, -0.15) is 0 Å². The van der Waals surface area contributed by atoms with Crippen molar-refractivity contribution in [3.05, 3.63) is 89.7 Å². The maximum absolute atomic E-state index is 14.1. The molecule has 0 aliphatic rings. The molecule has 0 saturated carbocycles. The number of fused-ring (bicyclic) bond motifs is 1. The Morgan fingerprint density at radius 2 is 1.85 bits per heavy atom. The van der Waals surface area contributed by atoms with Crippen LogP contribution in [0.1, 0.15) is 50.3 Å². The Bertz CT molecular complexity index is 1450. The number of carbonyl (C=O) groups is 1. The molecule has 0 radical (unpaired) electrons. The van der Waals surface area contributed by atoms with E-state index in [2.05, 4.69) is 0 Å². The highest BCUT2D eigenvalue weighted by atomic mass is 32.2. The number of hydrogen-bond acceptors (Lipinski definition) is 5. The van der Waals surface area contributed by atoms with Gasteiger partial charge in [0.1, 0.15) is 17.9 Å². The van der Waals surface area contributed by atoms with Crippen molar-refractivity contribution >= 4 is 27.7 Å². The molecule has 206 valence electrons. The highest BCUT2D eigenvalue weighted by molar-refractivity contribution is 7.86. The summed E-state index contributed by atoms with van der Waals surface area (Å²) in [5.41, 5.74) is 4.98. The predicted molar refractivity (Wildman–Crippen MR) is 154 cm³/mol. The average molecular weight is 551 g/mol. The maximum Gasteiger partial charge on any atom is 0.310 e. The second-order valence-corrected chi connectivity index (χ2v) is 12.7. The van der Waals surface area contributed by atoms with E-state index in [0.717, 1.165) is 38.8 Å². The van der Waals surface area contributed by atoms with E-state index in [0.29, 0.717) is 12.4 Å². The molecule has 0 amide bonds. The number of benzene rings is 3. The van der Waals surface area contributed by atoms with Gasteiger partial charge in [0.25, 0.3) is 0 Å². The van der Waals surface area contributed by atoms with Crippen LogP contribution < -0.4 is 4.74 Å². The van der Waals surface area contributed by atoms with E-state index in [1.54, 1.807) is 13.2 Å². The van der Waals surface area contributed by atoms with Crippen molar-refractivity contribution in [1.82, 2.24) is 0 Å². The molecule has 1 unspecified atom stereocenters. The van der Waals surface area contributed by atoms with Crippen molar-refractivity contribution in [2.24, 2.45) is 0 Å². The SMILES string of the molecule is CCOC(=O)Cc1ccccc1OCc1cc(-c2cccc(C(CF)C[S@@](=O)C(C)(C)C)c2)c2occc2c1. The van der Waals surface area contributed by atoms with Gasteiger partial charge in [-0.3, -0.25) is 13.4 Å². The van der Waals surface area contributed by atoms with Gasteiger partial charge in [0.05, 0.1) is 26.0 Å². The van der Waals surface area contributed by atoms with E-state index in [1.165, 1.54) is 0 Å². The summed E-state index contributed by atoms with van der Waals surface area (Å²) in [7, 11) is -1.17. The van der Waals surface area contributed by atoms with Crippen LogP contribution in [0.4, 0.5) is 4.39 Å². The van der Waals surface area contributed by atoms with Crippen molar-refractivity contribution in [3.63, 3.8) is 0 Å². The Morgan fingerprint density at radius 1 is 1.05 bits per heavy atom. The van der Waals surface area contributed by atoms with Crippen LogP contribution in [0, 0.1) is 0 Å². The molecule has 5 nitrogen and oxygen atoms in total. The second-order valence-electron chi connectivity index (χ2n) is 10.5. The Morgan fingerprint density at radius 3 is 2.59 bits per heavy atom. The van der Waals surface area contributed by atoms with Crippen LogP contribution in [0.3, 0.4) is 0 Å². The molecule has 1 aromatic heterocycles. The molecule has 0 N–H and O–H groups in total. The Balaban J connectivity index is 1.61. The molecule has 0 spiro atoms. The fraction of sp³-hybridized carbons (Fsp3) is 0.344. The molecule has 39 heavy (non-hydrogen) atoms. The number of halogens is 1. The van der Waals surface area contributed by atoms with Gasteiger partial charge in [0.2, 0.25) is 0 Å². The molecule has 0 fully saturated rings. The van der Waals surface area contributed by atoms with Crippen LogP contribution in [0.15, 0.2) is 77.4 Å². The summed E-state index contributed by atoms with van der Waals surface area (Å²) in [6, 6.07) is 21.1. The normalized spacial score (nSPS) is 13.3. The minimum absolute atomic E-state index is 0.137. The smallest absolute Gasteiger partial charge is 0.310 e. The van der Waals surface area contributed by atoms with Gasteiger partial charge in [-0.25, -0.2) is 0 Å². The van der Waals surface area contributed by atoms with E-state index in [-0.39, 0.29) is 24.7 Å². The van der Waals surface area contributed by atoms with E-state index < -0.39 is 28.1 Å². The zero-order chi connectivity index (χ0) is 28.0. The van der Waals surface area contributed by atoms with Crippen LogP contribution in [-0.2, 0) is 33.4 Å². The van der Waals surface area contributed by atoms with Crippen LogP contribution >= 0.6 is 0 Å². The van der Waals surface area contributed by atoms with Gasteiger partial charge in [-0.1, -0.05) is 42.5 Å². The van der Waals surface area contributed by atoms with Crippen LogP contribution in [-0.4, -0.2) is 34.0 Å². The summed E-state index contributed by atoms with van der Waals surface area (Å²) in [6.45, 7) is 7.54. The first kappa shape index (κ1) is 28.6. The van der Waals surface area contributed by atoms with Gasteiger partial charge in [0.15, 0.2) is 0 Å². The van der Waals surface area contributed by atoms with Crippen LogP contribution in [0.25, 0.3) is 22.1 Å². The molecule has 3 aromatic carbocycles. The molecule has 0 aliphatic carbocycles. The zero-order valence-corrected chi connectivity index (χ0v) is 23.7. The number of hydrogen-bond donors (Lipinski definition) is 0. The minimum Gasteiger partial charge on any atom is -0.489 e. The number of para-hydroxylation sites is 1. The van der Waals surface area contributed by atoms with Gasteiger partial charge in [0, 0.05) is 43.7 Å². The summed E-state index contributed by atoms with van der Waals surface area (Å²) in [4.78, 5) is 12.0. The largest absolute Gasteiger partial charge is 0.489 e. The lowest BCUT2D eigenvalue weighted by atomic mass is 9.95. The molecule has 1 heterocycles. The molecular formula is C32H35FO5S. The van der Waals surface area contributed by atoms with E-state index in [4.69, 9.17) is 13.9 Å². The standard InChI is InChI=1S/C32H35FO5S/c1-5-36-30(34)18-25-9-6-7-12-29(25)38-20-22-15-26-13-14-37-31(26)28(16-22)24-11-8-10-23(17-24)27(19-33)21-39(35)32(2,3)4/h6-17,27H,5,18-21H2,1-4H3/t27?,39-/m1/s1. The van der Waals surface area contributed by atoms with Crippen molar-refractivity contribution in [1.29, 1.82) is 0 Å². The van der Waals surface area contributed by atoms with E-state index >= 15 is 0 Å².